The Bertz CT molecular complexity index is 479. The Labute approximate surface area is 104 Å². The maximum atomic E-state index is 10.6. The molecule has 7 heteroatoms. The first-order chi connectivity index (χ1) is 8.42. The number of nitrogen functional groups attached to an aromatic ring is 1. The van der Waals surface area contributed by atoms with E-state index in [1.54, 1.807) is 6.07 Å². The number of nitrogens with two attached hydrogens (primary N) is 1. The van der Waals surface area contributed by atoms with E-state index >= 15 is 0 Å². The molecule has 0 saturated carbocycles. The zero-order chi connectivity index (χ0) is 13.3. The van der Waals surface area contributed by atoms with Crippen LogP contribution in [0, 0.1) is 10.1 Å². The van der Waals surface area contributed by atoms with E-state index in [-0.39, 0.29) is 23.1 Å². The SMILES string of the molecule is CC1OCCC1(C)Nc1ccc([N+](=O)[O-])c(N)n1. The van der Waals surface area contributed by atoms with Gasteiger partial charge in [-0.15, -0.1) is 0 Å². The number of anilines is 2. The first-order valence-corrected chi connectivity index (χ1v) is 5.73. The van der Waals surface area contributed by atoms with Gasteiger partial charge in [-0.2, -0.15) is 0 Å². The number of hydrogen-bond acceptors (Lipinski definition) is 6. The predicted octanol–water partition coefficient (Wildman–Crippen LogP) is 1.55. The molecule has 3 N–H and O–H groups in total. The average Bonchev–Trinajstić information content (AvgIpc) is 2.58. The van der Waals surface area contributed by atoms with Gasteiger partial charge >= 0.3 is 5.69 Å². The molecule has 2 rings (SSSR count). The Morgan fingerprint density at radius 2 is 2.39 bits per heavy atom. The Balaban J connectivity index is 2.20. The second-order valence-electron chi connectivity index (χ2n) is 4.66. The lowest BCUT2D eigenvalue weighted by Crippen LogP contribution is -2.41. The molecule has 0 spiro atoms. The van der Waals surface area contributed by atoms with Gasteiger partial charge in [0, 0.05) is 12.7 Å². The fourth-order valence-electron chi connectivity index (χ4n) is 1.98. The monoisotopic (exact) mass is 252 g/mol. The molecule has 0 radical (unpaired) electrons. The number of aromatic nitrogens is 1. The van der Waals surface area contributed by atoms with Gasteiger partial charge in [-0.1, -0.05) is 0 Å². The number of nitrogens with one attached hydrogen (secondary N) is 1. The van der Waals surface area contributed by atoms with Gasteiger partial charge in [-0.3, -0.25) is 10.1 Å². The highest BCUT2D eigenvalue weighted by molar-refractivity contribution is 5.57. The van der Waals surface area contributed by atoms with E-state index < -0.39 is 4.92 Å². The van der Waals surface area contributed by atoms with Gasteiger partial charge in [0.25, 0.3) is 0 Å². The molecule has 0 aliphatic carbocycles. The second-order valence-corrected chi connectivity index (χ2v) is 4.66. The van der Waals surface area contributed by atoms with Crippen molar-refractivity contribution in [3.05, 3.63) is 22.2 Å². The fourth-order valence-corrected chi connectivity index (χ4v) is 1.98. The molecule has 0 aromatic carbocycles. The highest BCUT2D eigenvalue weighted by atomic mass is 16.6. The third kappa shape index (κ3) is 2.21. The minimum absolute atomic E-state index is 0.0516. The molecular formula is C11H16N4O3. The van der Waals surface area contributed by atoms with Crippen LogP contribution < -0.4 is 11.1 Å². The van der Waals surface area contributed by atoms with Crippen molar-refractivity contribution in [3.8, 4) is 0 Å². The van der Waals surface area contributed by atoms with E-state index in [9.17, 15) is 10.1 Å². The molecule has 2 atom stereocenters. The molecule has 1 fully saturated rings. The number of pyridine rings is 1. The van der Waals surface area contributed by atoms with Crippen LogP contribution >= 0.6 is 0 Å². The summed E-state index contributed by atoms with van der Waals surface area (Å²) in [6.07, 6.45) is 0.905. The van der Waals surface area contributed by atoms with Crippen LogP contribution in [-0.4, -0.2) is 28.2 Å². The topological polar surface area (TPSA) is 103 Å². The zero-order valence-electron chi connectivity index (χ0n) is 10.3. The summed E-state index contributed by atoms with van der Waals surface area (Å²) in [6.45, 7) is 4.70. The lowest BCUT2D eigenvalue weighted by Gasteiger charge is -2.29. The summed E-state index contributed by atoms with van der Waals surface area (Å²) in [5, 5.41) is 13.9. The second kappa shape index (κ2) is 4.41. The zero-order valence-corrected chi connectivity index (χ0v) is 10.3. The highest BCUT2D eigenvalue weighted by Gasteiger charge is 2.37. The van der Waals surface area contributed by atoms with Crippen molar-refractivity contribution in [1.29, 1.82) is 0 Å². The standard InChI is InChI=1S/C11H16N4O3/c1-7-11(2,5-6-18-7)14-9-4-3-8(15(16)17)10(12)13-9/h3-4,7H,5-6H2,1-2H3,(H3,12,13,14). The summed E-state index contributed by atoms with van der Waals surface area (Å²) in [7, 11) is 0. The molecule has 1 aliphatic heterocycles. The summed E-state index contributed by atoms with van der Waals surface area (Å²) < 4.78 is 5.50. The summed E-state index contributed by atoms with van der Waals surface area (Å²) >= 11 is 0. The van der Waals surface area contributed by atoms with Crippen LogP contribution in [0.3, 0.4) is 0 Å². The van der Waals surface area contributed by atoms with Gasteiger partial charge in [0.2, 0.25) is 5.82 Å². The van der Waals surface area contributed by atoms with E-state index in [0.717, 1.165) is 6.42 Å². The number of nitro groups is 1. The van der Waals surface area contributed by atoms with Crippen LogP contribution in [0.2, 0.25) is 0 Å². The van der Waals surface area contributed by atoms with Crippen molar-refractivity contribution in [2.75, 3.05) is 17.7 Å². The largest absolute Gasteiger partial charge is 0.378 e. The molecule has 7 nitrogen and oxygen atoms in total. The molecule has 2 unspecified atom stereocenters. The molecule has 1 saturated heterocycles. The van der Waals surface area contributed by atoms with Crippen LogP contribution in [0.25, 0.3) is 0 Å². The van der Waals surface area contributed by atoms with Crippen molar-refractivity contribution in [2.45, 2.75) is 31.9 Å². The number of rotatable bonds is 3. The molecule has 2 heterocycles. The highest BCUT2D eigenvalue weighted by Crippen LogP contribution is 2.30. The summed E-state index contributed by atoms with van der Waals surface area (Å²) in [5.41, 5.74) is 5.14. The van der Waals surface area contributed by atoms with Crippen molar-refractivity contribution in [2.24, 2.45) is 0 Å². The van der Waals surface area contributed by atoms with Crippen molar-refractivity contribution in [1.82, 2.24) is 4.98 Å². The van der Waals surface area contributed by atoms with Gasteiger partial charge in [0.05, 0.1) is 16.6 Å². The molecule has 0 amide bonds. The summed E-state index contributed by atoms with van der Waals surface area (Å²) in [4.78, 5) is 14.1. The van der Waals surface area contributed by atoms with Gasteiger partial charge in [0.15, 0.2) is 0 Å². The van der Waals surface area contributed by atoms with Crippen molar-refractivity contribution >= 4 is 17.3 Å². The minimum atomic E-state index is -0.546. The number of nitrogens with zero attached hydrogens (tertiary/aromatic N) is 2. The van der Waals surface area contributed by atoms with Crippen LogP contribution in [0.5, 0.6) is 0 Å². The molecule has 18 heavy (non-hydrogen) atoms. The van der Waals surface area contributed by atoms with Gasteiger partial charge in [0.1, 0.15) is 5.82 Å². The maximum Gasteiger partial charge on any atom is 0.311 e. The normalized spacial score (nSPS) is 27.1. The molecule has 0 bridgehead atoms. The number of ether oxygens (including phenoxy) is 1. The molecular weight excluding hydrogens is 236 g/mol. The van der Waals surface area contributed by atoms with Crippen LogP contribution in [0.1, 0.15) is 20.3 Å². The first kappa shape index (κ1) is 12.6. The summed E-state index contributed by atoms with van der Waals surface area (Å²) in [6, 6.07) is 2.92. The predicted molar refractivity (Wildman–Crippen MR) is 67.4 cm³/mol. The van der Waals surface area contributed by atoms with E-state index in [1.807, 2.05) is 13.8 Å². The molecule has 1 aliphatic rings. The van der Waals surface area contributed by atoms with Gasteiger partial charge in [-0.05, 0) is 26.3 Å². The smallest absolute Gasteiger partial charge is 0.311 e. The Kier molecular flexibility index (Phi) is 3.08. The van der Waals surface area contributed by atoms with E-state index in [1.165, 1.54) is 6.07 Å². The Morgan fingerprint density at radius 1 is 1.67 bits per heavy atom. The fraction of sp³-hybridized carbons (Fsp3) is 0.545. The van der Waals surface area contributed by atoms with Crippen molar-refractivity contribution < 1.29 is 9.66 Å². The van der Waals surface area contributed by atoms with E-state index in [2.05, 4.69) is 10.3 Å². The van der Waals surface area contributed by atoms with Gasteiger partial charge in [-0.25, -0.2) is 4.98 Å². The minimum Gasteiger partial charge on any atom is -0.378 e. The van der Waals surface area contributed by atoms with Crippen LogP contribution in [0.15, 0.2) is 12.1 Å². The Morgan fingerprint density at radius 3 is 2.89 bits per heavy atom. The average molecular weight is 252 g/mol. The maximum absolute atomic E-state index is 10.6. The molecule has 1 aromatic heterocycles. The molecule has 98 valence electrons. The lowest BCUT2D eigenvalue weighted by atomic mass is 9.95. The summed E-state index contributed by atoms with van der Waals surface area (Å²) in [5.74, 6) is 0.443. The quantitative estimate of drug-likeness (QED) is 0.625. The Hall–Kier alpha value is -1.89. The third-order valence-electron chi connectivity index (χ3n) is 3.40. The van der Waals surface area contributed by atoms with Crippen LogP contribution in [-0.2, 0) is 4.74 Å². The van der Waals surface area contributed by atoms with E-state index in [0.29, 0.717) is 12.4 Å². The van der Waals surface area contributed by atoms with Crippen molar-refractivity contribution in [3.63, 3.8) is 0 Å². The number of hydrogen-bond donors (Lipinski definition) is 2. The first-order valence-electron chi connectivity index (χ1n) is 5.73. The van der Waals surface area contributed by atoms with E-state index in [4.69, 9.17) is 10.5 Å². The van der Waals surface area contributed by atoms with Gasteiger partial charge < -0.3 is 15.8 Å². The molecule has 1 aromatic rings. The third-order valence-corrected chi connectivity index (χ3v) is 3.40. The van der Waals surface area contributed by atoms with Crippen LogP contribution in [0.4, 0.5) is 17.3 Å². The lowest BCUT2D eigenvalue weighted by molar-refractivity contribution is -0.384.